The minimum absolute atomic E-state index is 0.333. The maximum atomic E-state index is 6.22. The van der Waals surface area contributed by atoms with Gasteiger partial charge in [0.2, 0.25) is 0 Å². The summed E-state index contributed by atoms with van der Waals surface area (Å²) in [5.74, 6) is 1.78. The van der Waals surface area contributed by atoms with E-state index in [1.165, 1.54) is 12.8 Å². The maximum Gasteiger partial charge on any atom is 0.133 e. The molecule has 0 saturated carbocycles. The van der Waals surface area contributed by atoms with Gasteiger partial charge in [-0.05, 0) is 38.8 Å². The number of piperidine rings is 1. The fourth-order valence-electron chi connectivity index (χ4n) is 3.87. The molecule has 21 heavy (non-hydrogen) atoms. The molecule has 2 saturated heterocycles. The maximum absolute atomic E-state index is 6.22. The molecule has 3 aliphatic heterocycles. The lowest BCUT2D eigenvalue weighted by Crippen LogP contribution is -2.43. The molecule has 1 aromatic rings. The predicted molar refractivity (Wildman–Crippen MR) is 82.9 cm³/mol. The molecule has 0 N–H and O–H groups in total. The Kier molecular flexibility index (Phi) is 3.35. The molecule has 112 valence electrons. The van der Waals surface area contributed by atoms with E-state index in [-0.39, 0.29) is 0 Å². The van der Waals surface area contributed by atoms with Gasteiger partial charge in [0.25, 0.3) is 0 Å². The van der Waals surface area contributed by atoms with Crippen LogP contribution in [0.25, 0.3) is 0 Å². The van der Waals surface area contributed by atoms with E-state index in [1.54, 1.807) is 6.26 Å². The molecule has 2 unspecified atom stereocenters. The van der Waals surface area contributed by atoms with Crippen LogP contribution in [0.2, 0.25) is 0 Å². The second-order valence-electron chi connectivity index (χ2n) is 6.39. The molecule has 2 atom stereocenters. The summed E-state index contributed by atoms with van der Waals surface area (Å²) < 4.78 is 11.8. The van der Waals surface area contributed by atoms with Gasteiger partial charge in [-0.25, -0.2) is 0 Å². The van der Waals surface area contributed by atoms with Crippen molar-refractivity contribution in [3.8, 4) is 11.5 Å². The second-order valence-corrected chi connectivity index (χ2v) is 6.88. The Morgan fingerprint density at radius 1 is 1.24 bits per heavy atom. The molecule has 1 aromatic carbocycles. The van der Waals surface area contributed by atoms with Crippen LogP contribution in [-0.4, -0.2) is 30.1 Å². The minimum atomic E-state index is 0.333. The SMILES string of the molecule is CN1C2CCC1CC(Oc1ccc3c(c1)OC=C(Cl)C3)C2. The van der Waals surface area contributed by atoms with Gasteiger partial charge in [-0.2, -0.15) is 0 Å². The Hall–Kier alpha value is -1.19. The lowest BCUT2D eigenvalue weighted by atomic mass is 10.0. The first-order valence-electron chi connectivity index (χ1n) is 7.72. The average molecular weight is 306 g/mol. The molecule has 2 fully saturated rings. The van der Waals surface area contributed by atoms with Gasteiger partial charge in [-0.3, -0.25) is 0 Å². The monoisotopic (exact) mass is 305 g/mol. The summed E-state index contributed by atoms with van der Waals surface area (Å²) in [7, 11) is 2.25. The fourth-order valence-corrected chi connectivity index (χ4v) is 4.05. The van der Waals surface area contributed by atoms with Crippen molar-refractivity contribution in [2.75, 3.05) is 7.05 Å². The first kappa shape index (κ1) is 13.5. The molecular formula is C17H20ClNO2. The largest absolute Gasteiger partial charge is 0.490 e. The summed E-state index contributed by atoms with van der Waals surface area (Å²) in [6.45, 7) is 0. The smallest absolute Gasteiger partial charge is 0.133 e. The van der Waals surface area contributed by atoms with Crippen molar-refractivity contribution in [3.05, 3.63) is 35.1 Å². The number of rotatable bonds is 2. The topological polar surface area (TPSA) is 21.7 Å². The Bertz CT molecular complexity index is 572. The summed E-state index contributed by atoms with van der Waals surface area (Å²) in [6, 6.07) is 7.49. The lowest BCUT2D eigenvalue weighted by molar-refractivity contribution is 0.0660. The summed E-state index contributed by atoms with van der Waals surface area (Å²) in [6.07, 6.45) is 7.60. The van der Waals surface area contributed by atoms with Crippen LogP contribution in [0.5, 0.6) is 11.5 Å². The quantitative estimate of drug-likeness (QED) is 0.831. The third kappa shape index (κ3) is 2.53. The van der Waals surface area contributed by atoms with Crippen molar-refractivity contribution in [1.82, 2.24) is 4.90 Å². The number of allylic oxidation sites excluding steroid dienone is 1. The fraction of sp³-hybridized carbons (Fsp3) is 0.529. The third-order valence-electron chi connectivity index (χ3n) is 5.07. The van der Waals surface area contributed by atoms with Gasteiger partial charge in [-0.1, -0.05) is 17.7 Å². The predicted octanol–water partition coefficient (Wildman–Crippen LogP) is 3.71. The van der Waals surface area contributed by atoms with Crippen molar-refractivity contribution in [2.24, 2.45) is 0 Å². The zero-order valence-corrected chi connectivity index (χ0v) is 13.0. The number of halogens is 1. The molecule has 0 amide bonds. The highest BCUT2D eigenvalue weighted by Gasteiger charge is 2.39. The summed E-state index contributed by atoms with van der Waals surface area (Å²) in [5, 5.41) is 0.739. The van der Waals surface area contributed by atoms with Crippen molar-refractivity contribution in [3.63, 3.8) is 0 Å². The van der Waals surface area contributed by atoms with Crippen LogP contribution in [0.3, 0.4) is 0 Å². The van der Waals surface area contributed by atoms with Crippen LogP contribution in [0.4, 0.5) is 0 Å². The second kappa shape index (κ2) is 5.22. The van der Waals surface area contributed by atoms with E-state index in [0.717, 1.165) is 41.4 Å². The van der Waals surface area contributed by atoms with Crippen LogP contribution in [0, 0.1) is 0 Å². The number of benzene rings is 1. The van der Waals surface area contributed by atoms with Gasteiger partial charge < -0.3 is 14.4 Å². The minimum Gasteiger partial charge on any atom is -0.490 e. The number of fused-ring (bicyclic) bond motifs is 3. The Morgan fingerprint density at radius 3 is 2.76 bits per heavy atom. The highest BCUT2D eigenvalue weighted by Crippen LogP contribution is 2.37. The first-order valence-corrected chi connectivity index (χ1v) is 8.09. The van der Waals surface area contributed by atoms with Gasteiger partial charge in [0.1, 0.15) is 23.9 Å². The van der Waals surface area contributed by atoms with Crippen molar-refractivity contribution in [1.29, 1.82) is 0 Å². The molecule has 3 aliphatic rings. The van der Waals surface area contributed by atoms with E-state index < -0.39 is 0 Å². The number of hydrogen-bond acceptors (Lipinski definition) is 3. The first-order chi connectivity index (χ1) is 10.2. The van der Waals surface area contributed by atoms with E-state index in [4.69, 9.17) is 21.1 Å². The van der Waals surface area contributed by atoms with E-state index in [9.17, 15) is 0 Å². The molecule has 3 nitrogen and oxygen atoms in total. The van der Waals surface area contributed by atoms with Gasteiger partial charge in [-0.15, -0.1) is 0 Å². The zero-order valence-electron chi connectivity index (χ0n) is 12.2. The summed E-state index contributed by atoms with van der Waals surface area (Å²) in [4.78, 5) is 2.53. The Balaban J connectivity index is 1.47. The average Bonchev–Trinajstić information content (AvgIpc) is 2.70. The normalized spacial score (nSPS) is 31.3. The van der Waals surface area contributed by atoms with Crippen LogP contribution >= 0.6 is 11.6 Å². The van der Waals surface area contributed by atoms with Crippen LogP contribution in [-0.2, 0) is 6.42 Å². The molecule has 0 aromatic heterocycles. The summed E-state index contributed by atoms with van der Waals surface area (Å²) >= 11 is 5.99. The molecule has 2 bridgehead atoms. The highest BCUT2D eigenvalue weighted by molar-refractivity contribution is 6.29. The van der Waals surface area contributed by atoms with E-state index >= 15 is 0 Å². The Morgan fingerprint density at radius 2 is 2.00 bits per heavy atom. The van der Waals surface area contributed by atoms with Crippen molar-refractivity contribution < 1.29 is 9.47 Å². The lowest BCUT2D eigenvalue weighted by Gasteiger charge is -2.36. The molecule has 0 spiro atoms. The molecule has 0 radical (unpaired) electrons. The zero-order chi connectivity index (χ0) is 14.4. The molecule has 0 aliphatic carbocycles. The standard InChI is InChI=1S/C17H20ClNO2/c1-19-13-3-4-14(19)8-16(7-13)21-15-5-2-11-6-12(18)10-20-17(11)9-15/h2,5,9-10,13-14,16H,3-4,6-8H2,1H3. The molecular weight excluding hydrogens is 286 g/mol. The van der Waals surface area contributed by atoms with Crippen LogP contribution in [0.1, 0.15) is 31.2 Å². The number of hydrogen-bond donors (Lipinski definition) is 0. The van der Waals surface area contributed by atoms with E-state index in [1.807, 2.05) is 12.1 Å². The number of ether oxygens (including phenoxy) is 2. The van der Waals surface area contributed by atoms with Gasteiger partial charge in [0.15, 0.2) is 0 Å². The summed E-state index contributed by atoms with van der Waals surface area (Å²) in [5.41, 5.74) is 1.12. The van der Waals surface area contributed by atoms with Crippen molar-refractivity contribution >= 4 is 11.6 Å². The van der Waals surface area contributed by atoms with Gasteiger partial charge in [0.05, 0.1) is 5.03 Å². The Labute approximate surface area is 130 Å². The van der Waals surface area contributed by atoms with E-state index in [0.29, 0.717) is 18.2 Å². The molecule has 3 heterocycles. The van der Waals surface area contributed by atoms with Crippen molar-refractivity contribution in [2.45, 2.75) is 50.3 Å². The third-order valence-corrected chi connectivity index (χ3v) is 5.29. The van der Waals surface area contributed by atoms with E-state index in [2.05, 4.69) is 18.0 Å². The number of nitrogens with zero attached hydrogens (tertiary/aromatic N) is 1. The molecule has 4 heteroatoms. The highest BCUT2D eigenvalue weighted by atomic mass is 35.5. The molecule has 4 rings (SSSR count). The van der Waals surface area contributed by atoms with Crippen LogP contribution in [0.15, 0.2) is 29.5 Å². The van der Waals surface area contributed by atoms with Crippen LogP contribution < -0.4 is 9.47 Å². The van der Waals surface area contributed by atoms with Gasteiger partial charge >= 0.3 is 0 Å². The van der Waals surface area contributed by atoms with Gasteiger partial charge in [0, 0.05) is 30.1 Å².